The van der Waals surface area contributed by atoms with Gasteiger partial charge in [0.2, 0.25) is 6.54 Å². The quantitative estimate of drug-likeness (QED) is 0.799. The average molecular weight is 311 g/mol. The molecule has 2 aromatic rings. The second-order valence-electron chi connectivity index (χ2n) is 6.18. The average Bonchev–Trinajstić information content (AvgIpc) is 2.53. The number of anilines is 1. The van der Waals surface area contributed by atoms with E-state index in [1.165, 1.54) is 5.56 Å². The summed E-state index contributed by atoms with van der Waals surface area (Å²) < 4.78 is 1.92. The third-order valence-corrected chi connectivity index (χ3v) is 4.37. The van der Waals surface area contributed by atoms with Gasteiger partial charge in [-0.1, -0.05) is 26.0 Å². The summed E-state index contributed by atoms with van der Waals surface area (Å²) in [6.07, 6.45) is 6.29. The van der Waals surface area contributed by atoms with Crippen molar-refractivity contribution < 1.29 is 9.36 Å². The minimum atomic E-state index is -0.000942. The van der Waals surface area contributed by atoms with E-state index in [0.717, 1.165) is 29.7 Å². The number of pyridine rings is 1. The lowest BCUT2D eigenvalue weighted by atomic mass is 9.95. The zero-order valence-corrected chi connectivity index (χ0v) is 14.6. The smallest absolute Gasteiger partial charge is 0.290 e. The van der Waals surface area contributed by atoms with Crippen LogP contribution in [0.3, 0.4) is 0 Å². The first-order valence-corrected chi connectivity index (χ1v) is 8.39. The van der Waals surface area contributed by atoms with Crippen LogP contribution >= 0.6 is 0 Å². The first-order chi connectivity index (χ1) is 11.0. The molecule has 0 saturated heterocycles. The van der Waals surface area contributed by atoms with Crippen LogP contribution in [0.4, 0.5) is 5.69 Å². The number of aryl methyl sites for hydroxylation is 2. The van der Waals surface area contributed by atoms with E-state index >= 15 is 0 Å². The predicted molar refractivity (Wildman–Crippen MR) is 94.5 cm³/mol. The van der Waals surface area contributed by atoms with Gasteiger partial charge in [-0.2, -0.15) is 4.57 Å². The highest BCUT2D eigenvalue weighted by atomic mass is 16.1. The maximum absolute atomic E-state index is 12.2. The first kappa shape index (κ1) is 17.2. The van der Waals surface area contributed by atoms with Crippen molar-refractivity contribution in [1.82, 2.24) is 0 Å². The van der Waals surface area contributed by atoms with E-state index in [0.29, 0.717) is 12.5 Å². The number of aromatic nitrogens is 1. The van der Waals surface area contributed by atoms with Crippen LogP contribution in [0.5, 0.6) is 0 Å². The zero-order chi connectivity index (χ0) is 16.8. The number of nitrogens with one attached hydrogen (secondary N) is 1. The molecule has 3 heteroatoms. The van der Waals surface area contributed by atoms with Gasteiger partial charge >= 0.3 is 0 Å². The van der Waals surface area contributed by atoms with Crippen molar-refractivity contribution in [3.05, 3.63) is 59.4 Å². The lowest BCUT2D eigenvalue weighted by Gasteiger charge is -2.11. The summed E-state index contributed by atoms with van der Waals surface area (Å²) in [5, 5.41) is 3.00. The van der Waals surface area contributed by atoms with Gasteiger partial charge in [0, 0.05) is 17.8 Å². The van der Waals surface area contributed by atoms with E-state index in [1.54, 1.807) is 0 Å². The van der Waals surface area contributed by atoms with Crippen molar-refractivity contribution in [2.45, 2.75) is 53.0 Å². The van der Waals surface area contributed by atoms with Gasteiger partial charge in [0.15, 0.2) is 12.4 Å². The lowest BCUT2D eigenvalue weighted by molar-refractivity contribution is -0.684. The van der Waals surface area contributed by atoms with Crippen molar-refractivity contribution in [3.8, 4) is 0 Å². The molecule has 0 aliphatic carbocycles. The maximum Gasteiger partial charge on any atom is 0.290 e. The summed E-state index contributed by atoms with van der Waals surface area (Å²) in [4.78, 5) is 12.2. The van der Waals surface area contributed by atoms with E-state index in [4.69, 9.17) is 0 Å². The minimum absolute atomic E-state index is 0.000942. The molecule has 0 fully saturated rings. The van der Waals surface area contributed by atoms with E-state index in [9.17, 15) is 4.79 Å². The molecule has 0 unspecified atom stereocenters. The molecule has 1 N–H and O–H groups in total. The van der Waals surface area contributed by atoms with Crippen molar-refractivity contribution in [1.29, 1.82) is 0 Å². The summed E-state index contributed by atoms with van der Waals surface area (Å²) in [5.74, 6) is 0.604. The Bertz CT molecular complexity index is 658. The number of hydrogen-bond acceptors (Lipinski definition) is 1. The highest BCUT2D eigenvalue weighted by Gasteiger charge is 2.13. The molecule has 1 aromatic carbocycles. The number of carbonyl (C=O) groups is 1. The number of rotatable bonds is 6. The van der Waals surface area contributed by atoms with Crippen molar-refractivity contribution in [2.75, 3.05) is 5.32 Å². The van der Waals surface area contributed by atoms with Gasteiger partial charge in [-0.15, -0.1) is 0 Å². The van der Waals surface area contributed by atoms with Gasteiger partial charge in [0.05, 0.1) is 0 Å². The highest BCUT2D eigenvalue weighted by molar-refractivity contribution is 5.90. The lowest BCUT2D eigenvalue weighted by Crippen LogP contribution is -2.39. The Hall–Kier alpha value is -2.16. The van der Waals surface area contributed by atoms with Gasteiger partial charge in [-0.25, -0.2) is 0 Å². The molecule has 2 rings (SSSR count). The van der Waals surface area contributed by atoms with Crippen LogP contribution in [-0.2, 0) is 11.3 Å². The van der Waals surface area contributed by atoms with Crippen LogP contribution in [0, 0.1) is 13.8 Å². The molecule has 23 heavy (non-hydrogen) atoms. The van der Waals surface area contributed by atoms with Crippen LogP contribution in [0.2, 0.25) is 0 Å². The third-order valence-electron chi connectivity index (χ3n) is 4.37. The normalized spacial score (nSPS) is 10.8. The van der Waals surface area contributed by atoms with Crippen LogP contribution in [0.1, 0.15) is 49.3 Å². The standard InChI is InChI=1S/C20H26N2O/c1-5-17(6-2)18-9-11-22(12-10-18)14-20(23)21-19-13-15(3)7-8-16(19)4/h7-13,17H,5-6,14H2,1-4H3/p+1. The van der Waals surface area contributed by atoms with E-state index in [2.05, 4.69) is 37.4 Å². The second kappa shape index (κ2) is 7.91. The number of amides is 1. The largest absolute Gasteiger partial charge is 0.320 e. The monoisotopic (exact) mass is 311 g/mol. The Kier molecular flexibility index (Phi) is 5.91. The molecular formula is C20H27N2O+. The third kappa shape index (κ3) is 4.65. The number of hydrogen-bond donors (Lipinski definition) is 1. The molecule has 0 atom stereocenters. The first-order valence-electron chi connectivity index (χ1n) is 8.39. The summed E-state index contributed by atoms with van der Waals surface area (Å²) in [7, 11) is 0. The topological polar surface area (TPSA) is 33.0 Å². The Labute approximate surface area is 139 Å². The fourth-order valence-corrected chi connectivity index (χ4v) is 2.83. The maximum atomic E-state index is 12.2. The molecule has 0 aliphatic heterocycles. The Morgan fingerprint density at radius 3 is 2.35 bits per heavy atom. The molecule has 0 spiro atoms. The van der Waals surface area contributed by atoms with Gasteiger partial charge in [-0.05, 0) is 55.4 Å². The summed E-state index contributed by atoms with van der Waals surface area (Å²) in [6.45, 7) is 8.79. The van der Waals surface area contributed by atoms with Crippen LogP contribution in [0.15, 0.2) is 42.7 Å². The Balaban J connectivity index is 2.01. The molecule has 122 valence electrons. The summed E-state index contributed by atoms with van der Waals surface area (Å²) >= 11 is 0. The molecule has 0 saturated carbocycles. The number of carbonyl (C=O) groups excluding carboxylic acids is 1. The van der Waals surface area contributed by atoms with Gasteiger partial charge < -0.3 is 5.32 Å². The SMILES string of the molecule is CCC(CC)c1cc[n+](CC(=O)Nc2cc(C)ccc2C)cc1. The van der Waals surface area contributed by atoms with E-state index in [-0.39, 0.29) is 5.91 Å². The summed E-state index contributed by atoms with van der Waals surface area (Å²) in [5.41, 5.74) is 4.47. The van der Waals surface area contributed by atoms with Gasteiger partial charge in [0.25, 0.3) is 5.91 Å². The van der Waals surface area contributed by atoms with Crippen molar-refractivity contribution in [2.24, 2.45) is 0 Å². The fraction of sp³-hybridized carbons (Fsp3) is 0.400. The molecule has 1 amide bonds. The molecule has 0 aliphatic rings. The van der Waals surface area contributed by atoms with Crippen LogP contribution in [0.25, 0.3) is 0 Å². The number of nitrogens with zero attached hydrogens (tertiary/aromatic N) is 1. The van der Waals surface area contributed by atoms with Gasteiger partial charge in [-0.3, -0.25) is 4.79 Å². The molecular weight excluding hydrogens is 284 g/mol. The molecule has 0 bridgehead atoms. The van der Waals surface area contributed by atoms with E-state index in [1.807, 2.05) is 42.9 Å². The molecule has 1 aromatic heterocycles. The van der Waals surface area contributed by atoms with Gasteiger partial charge in [0.1, 0.15) is 0 Å². The molecule has 3 nitrogen and oxygen atoms in total. The number of benzene rings is 1. The highest BCUT2D eigenvalue weighted by Crippen LogP contribution is 2.21. The zero-order valence-electron chi connectivity index (χ0n) is 14.6. The second-order valence-corrected chi connectivity index (χ2v) is 6.18. The predicted octanol–water partition coefficient (Wildman–Crippen LogP) is 4.13. The molecule has 1 heterocycles. The van der Waals surface area contributed by atoms with Crippen molar-refractivity contribution in [3.63, 3.8) is 0 Å². The Morgan fingerprint density at radius 2 is 1.74 bits per heavy atom. The minimum Gasteiger partial charge on any atom is -0.320 e. The Morgan fingerprint density at radius 1 is 1.09 bits per heavy atom. The van der Waals surface area contributed by atoms with Crippen LogP contribution in [-0.4, -0.2) is 5.91 Å². The van der Waals surface area contributed by atoms with E-state index < -0.39 is 0 Å². The fourth-order valence-electron chi connectivity index (χ4n) is 2.83. The van der Waals surface area contributed by atoms with Crippen LogP contribution < -0.4 is 9.88 Å². The summed E-state index contributed by atoms with van der Waals surface area (Å²) in [6, 6.07) is 10.3. The van der Waals surface area contributed by atoms with Crippen molar-refractivity contribution >= 4 is 11.6 Å². The molecule has 0 radical (unpaired) electrons.